The van der Waals surface area contributed by atoms with Gasteiger partial charge in [-0.05, 0) is 0 Å². The summed E-state index contributed by atoms with van der Waals surface area (Å²) in [7, 11) is 0. The van der Waals surface area contributed by atoms with Gasteiger partial charge in [0, 0.05) is 0 Å². The second-order valence-corrected chi connectivity index (χ2v) is 178. The van der Waals surface area contributed by atoms with Gasteiger partial charge in [0.2, 0.25) is 0 Å². The fourth-order valence-corrected chi connectivity index (χ4v) is 194. The van der Waals surface area contributed by atoms with E-state index in [1.165, 1.54) is 91.7 Å². The molecule has 0 N–H and O–H groups in total. The molecule has 8 aromatic rings. The van der Waals surface area contributed by atoms with Crippen molar-refractivity contribution in [1.29, 1.82) is 0 Å². The summed E-state index contributed by atoms with van der Waals surface area (Å²) in [6, 6.07) is 77.9. The Labute approximate surface area is 504 Å². The summed E-state index contributed by atoms with van der Waals surface area (Å²) in [6.07, 6.45) is 13.5. The van der Waals surface area contributed by atoms with Crippen molar-refractivity contribution < 1.29 is 31.2 Å². The first kappa shape index (κ1) is 59.7. The van der Waals surface area contributed by atoms with E-state index in [9.17, 15) is 0 Å². The Morgan fingerprint density at radius 3 is 0.726 bits per heavy atom. The van der Waals surface area contributed by atoms with Gasteiger partial charge in [-0.2, -0.15) is 0 Å². The van der Waals surface area contributed by atoms with Crippen LogP contribution in [-0.4, -0.2) is 23.7 Å². The Morgan fingerprint density at radius 1 is 0.310 bits per heavy atom. The quantitative estimate of drug-likeness (QED) is 0.0630. The van der Waals surface area contributed by atoms with E-state index >= 15 is 0 Å². The molecule has 0 spiro atoms. The Morgan fingerprint density at radius 2 is 0.524 bits per heavy atom. The predicted octanol–water partition coefficient (Wildman–Crippen LogP) is 22.4. The maximum atomic E-state index is 3.15. The normalized spacial score (nSPS) is 20.3. The van der Waals surface area contributed by atoms with Gasteiger partial charge in [0.1, 0.15) is 0 Å². The van der Waals surface area contributed by atoms with E-state index in [-0.39, 0.29) is 0 Å². The van der Waals surface area contributed by atoms with Gasteiger partial charge >= 0.3 is 510 Å². The number of hydrogen-bond donors (Lipinski definition) is 0. The van der Waals surface area contributed by atoms with Gasteiger partial charge in [0.25, 0.3) is 0 Å². The molecule has 4 aliphatic carbocycles. The summed E-state index contributed by atoms with van der Waals surface area (Å²) in [4.78, 5) is 0. The summed E-state index contributed by atoms with van der Waals surface area (Å²) in [5.74, 6) is 0. The van der Waals surface area contributed by atoms with E-state index in [1.54, 1.807) is 44.5 Å². The molecular formula is C78H94Si4Zr2. The standard InChI is InChI=1S/4C16H13.C8H20Si2.2CH5Si.4CH3.2Zr/c4*1-12-10-14-8-5-9-15(16(14)11-12)13-6-3-2-4-7-13;1-9(2)7-5-6-8-10(3)4;2*1-2;;;;;;/h4*2-11H,1H3;5-8H2,1-4H3;2*2H2,1H3;4*1H3;;. The minimum absolute atomic E-state index is 0.483. The van der Waals surface area contributed by atoms with Crippen molar-refractivity contribution in [3.05, 3.63) is 261 Å². The van der Waals surface area contributed by atoms with Gasteiger partial charge in [0.05, 0.1) is 0 Å². The van der Waals surface area contributed by atoms with Crippen LogP contribution in [0.1, 0.15) is 99.5 Å². The third-order valence-electron chi connectivity index (χ3n) is 27.5. The molecule has 4 unspecified atom stereocenters. The minimum atomic E-state index is -4.90. The van der Waals surface area contributed by atoms with Gasteiger partial charge in [-0.1, -0.05) is 0 Å². The summed E-state index contributed by atoms with van der Waals surface area (Å²) >= 11 is -9.80. The van der Waals surface area contributed by atoms with E-state index in [1.807, 2.05) is 0 Å². The predicted molar refractivity (Wildman–Crippen MR) is 379 cm³/mol. The van der Waals surface area contributed by atoms with Crippen LogP contribution in [0.2, 0.25) is 69.9 Å². The van der Waals surface area contributed by atoms with Crippen LogP contribution in [0.25, 0.3) is 68.8 Å². The number of benzene rings is 8. The SMILES string of the molecule is C[SiH2][Zr]([CH3])([CH3])([CH]1C(C)=Cc2c(-c3ccccc3)cccc21)([CH]1C(C)=Cc2c(-c3ccccc3)cccc21)[Si](C)(C)CCCC[Si](C)(C)[Zr]([CH3])([CH3])([SiH2]C)([CH]1C(C)=Cc2c(-c3ccccc3)cccc21)[CH]1C(C)=Cc2c(-c3ccccc3)cccc21. The fourth-order valence-electron chi connectivity index (χ4n) is 21.3. The van der Waals surface area contributed by atoms with Crippen LogP contribution in [0.3, 0.4) is 0 Å². The van der Waals surface area contributed by atoms with E-state index in [4.69, 9.17) is 0 Å². The Balaban J connectivity index is 0.997. The Bertz CT molecular complexity index is 3590. The summed E-state index contributed by atoms with van der Waals surface area (Å²) < 4.78 is 14.5. The summed E-state index contributed by atoms with van der Waals surface area (Å²) in [6.45, 7) is 26.6. The summed E-state index contributed by atoms with van der Waals surface area (Å²) in [5.41, 5.74) is 30.2. The monoisotopic (exact) mass is 1320 g/mol. The van der Waals surface area contributed by atoms with Crippen LogP contribution in [0.4, 0.5) is 0 Å². The molecule has 12 rings (SSSR count). The fraction of sp³-hybridized carbons (Fsp3) is 0.282. The molecule has 0 bridgehead atoms. The van der Waals surface area contributed by atoms with Crippen molar-refractivity contribution in [2.24, 2.45) is 0 Å². The Kier molecular flexibility index (Phi) is 14.5. The molecule has 8 aromatic carbocycles. The van der Waals surface area contributed by atoms with E-state index < -0.39 is 54.9 Å². The van der Waals surface area contributed by atoms with Gasteiger partial charge in [-0.3, -0.25) is 0 Å². The number of rotatable bonds is 17. The molecule has 0 nitrogen and oxygen atoms in total. The topological polar surface area (TPSA) is 0 Å². The molecule has 4 atom stereocenters. The number of allylic oxidation sites excluding steroid dienone is 4. The zero-order chi connectivity index (χ0) is 59.4. The zero-order valence-electron chi connectivity index (χ0n) is 53.3. The molecule has 0 radical (unpaired) electrons. The molecule has 0 fully saturated rings. The van der Waals surface area contributed by atoms with Gasteiger partial charge < -0.3 is 0 Å². The number of unbranched alkanes of at least 4 members (excludes halogenated alkanes) is 1. The van der Waals surface area contributed by atoms with E-state index in [0.717, 1.165) is 0 Å². The summed E-state index contributed by atoms with van der Waals surface area (Å²) in [5, 5.41) is -4.41. The molecule has 0 saturated carbocycles. The molecule has 0 aromatic heterocycles. The molecule has 0 heterocycles. The molecule has 430 valence electrons. The second kappa shape index (κ2) is 20.5. The average Bonchev–Trinajstić information content (AvgIpc) is 1.17. The van der Waals surface area contributed by atoms with Crippen molar-refractivity contribution in [2.75, 3.05) is 0 Å². The third kappa shape index (κ3) is 8.07. The van der Waals surface area contributed by atoms with Crippen LogP contribution in [0.5, 0.6) is 0 Å². The average molecular weight is 1330 g/mol. The molecule has 0 aliphatic heterocycles. The third-order valence-corrected chi connectivity index (χ3v) is 257. The zero-order valence-corrected chi connectivity index (χ0v) is 63.1. The number of hydrogen-bond acceptors (Lipinski definition) is 0. The molecular weight excluding hydrogens is 1230 g/mol. The van der Waals surface area contributed by atoms with Gasteiger partial charge in [-0.15, -0.1) is 0 Å². The van der Waals surface area contributed by atoms with Crippen molar-refractivity contribution in [1.82, 2.24) is 0 Å². The van der Waals surface area contributed by atoms with Crippen LogP contribution in [0.15, 0.2) is 216 Å². The number of fused-ring (bicyclic) bond motifs is 4. The van der Waals surface area contributed by atoms with Crippen molar-refractivity contribution in [3.63, 3.8) is 0 Å². The first-order chi connectivity index (χ1) is 40.0. The van der Waals surface area contributed by atoms with Gasteiger partial charge in [-0.25, -0.2) is 0 Å². The van der Waals surface area contributed by atoms with Crippen LogP contribution in [-0.2, 0) is 31.2 Å². The molecule has 0 saturated heterocycles. The van der Waals surface area contributed by atoms with Crippen molar-refractivity contribution in [2.45, 2.75) is 125 Å². The first-order valence-corrected chi connectivity index (χ1v) is 76.2. The van der Waals surface area contributed by atoms with Crippen LogP contribution >= 0.6 is 0 Å². The van der Waals surface area contributed by atoms with Crippen molar-refractivity contribution >= 4 is 48.0 Å². The van der Waals surface area contributed by atoms with Crippen LogP contribution < -0.4 is 0 Å². The molecule has 0 amide bonds. The van der Waals surface area contributed by atoms with E-state index in [2.05, 4.69) is 304 Å². The second-order valence-electron chi connectivity index (χ2n) is 31.5. The molecule has 4 aliphatic rings. The van der Waals surface area contributed by atoms with Crippen LogP contribution in [0, 0.1) is 0 Å². The van der Waals surface area contributed by atoms with Gasteiger partial charge in [0.15, 0.2) is 0 Å². The van der Waals surface area contributed by atoms with Crippen molar-refractivity contribution in [3.8, 4) is 44.5 Å². The van der Waals surface area contributed by atoms with E-state index in [0.29, 0.717) is 14.5 Å². The Hall–Kier alpha value is -4.65. The molecule has 84 heavy (non-hydrogen) atoms. The maximum absolute atomic E-state index is 4.90. The molecule has 6 heteroatoms. The first-order valence-electron chi connectivity index (χ1n) is 32.2.